The Kier molecular flexibility index (Phi) is 3.78. The molecule has 0 spiro atoms. The molecule has 0 saturated heterocycles. The van der Waals surface area contributed by atoms with E-state index in [4.69, 9.17) is 4.74 Å². The van der Waals surface area contributed by atoms with E-state index in [1.165, 1.54) is 25.7 Å². The van der Waals surface area contributed by atoms with Crippen LogP contribution in [-0.4, -0.2) is 13.7 Å². The number of hydrogen-bond acceptors (Lipinski definition) is 1. The van der Waals surface area contributed by atoms with Gasteiger partial charge in [-0.1, -0.05) is 20.8 Å². The third kappa shape index (κ3) is 3.30. The molecule has 1 fully saturated rings. The number of hydrogen-bond donors (Lipinski definition) is 0. The van der Waals surface area contributed by atoms with Gasteiger partial charge in [0.25, 0.3) is 0 Å². The molecule has 1 nitrogen and oxygen atoms in total. The summed E-state index contributed by atoms with van der Waals surface area (Å²) in [4.78, 5) is 0. The van der Waals surface area contributed by atoms with Gasteiger partial charge in [0, 0.05) is 13.7 Å². The lowest BCUT2D eigenvalue weighted by molar-refractivity contribution is 0.0901. The maximum atomic E-state index is 5.20. The third-order valence-electron chi connectivity index (χ3n) is 3.47. The zero-order valence-electron chi connectivity index (χ0n) is 9.60. The molecule has 0 N–H and O–H groups in total. The van der Waals surface area contributed by atoms with Gasteiger partial charge in [-0.2, -0.15) is 0 Å². The summed E-state index contributed by atoms with van der Waals surface area (Å²) < 4.78 is 5.20. The van der Waals surface area contributed by atoms with Crippen molar-refractivity contribution in [1.82, 2.24) is 0 Å². The smallest absolute Gasteiger partial charge is 0.0490 e. The van der Waals surface area contributed by atoms with Gasteiger partial charge in [-0.3, -0.25) is 0 Å². The summed E-state index contributed by atoms with van der Waals surface area (Å²) in [5, 5.41) is 0. The molecule has 0 aromatic rings. The Balaban J connectivity index is 2.30. The standard InChI is InChI=1S/C12H24O/c1-12(2,3)11-7-5-10(6-8-11)9-13-4/h10-11H,5-9H2,1-4H3. The second-order valence-corrected chi connectivity index (χ2v) is 5.54. The summed E-state index contributed by atoms with van der Waals surface area (Å²) in [6.07, 6.45) is 5.54. The van der Waals surface area contributed by atoms with E-state index in [1.807, 2.05) is 7.11 Å². The summed E-state index contributed by atoms with van der Waals surface area (Å²) in [5.74, 6) is 1.77. The Labute approximate surface area is 82.9 Å². The van der Waals surface area contributed by atoms with Crippen molar-refractivity contribution >= 4 is 0 Å². The lowest BCUT2D eigenvalue weighted by Crippen LogP contribution is -2.27. The van der Waals surface area contributed by atoms with E-state index >= 15 is 0 Å². The van der Waals surface area contributed by atoms with Crippen LogP contribution in [0.4, 0.5) is 0 Å². The Morgan fingerprint density at radius 2 is 1.62 bits per heavy atom. The van der Waals surface area contributed by atoms with E-state index in [0.717, 1.165) is 18.4 Å². The molecule has 0 radical (unpaired) electrons. The largest absolute Gasteiger partial charge is 0.384 e. The third-order valence-corrected chi connectivity index (χ3v) is 3.47. The summed E-state index contributed by atoms with van der Waals surface area (Å²) >= 11 is 0. The number of methoxy groups -OCH3 is 1. The Morgan fingerprint density at radius 1 is 1.08 bits per heavy atom. The van der Waals surface area contributed by atoms with Crippen LogP contribution < -0.4 is 0 Å². The second kappa shape index (κ2) is 4.45. The zero-order chi connectivity index (χ0) is 9.90. The zero-order valence-corrected chi connectivity index (χ0v) is 9.60. The highest BCUT2D eigenvalue weighted by Gasteiger charge is 2.29. The first-order valence-electron chi connectivity index (χ1n) is 5.53. The predicted octanol–water partition coefficient (Wildman–Crippen LogP) is 3.49. The highest BCUT2D eigenvalue weighted by molar-refractivity contribution is 4.80. The number of ether oxygens (including phenoxy) is 1. The Hall–Kier alpha value is -0.0400. The SMILES string of the molecule is COCC1CCC(C(C)(C)C)CC1. The maximum Gasteiger partial charge on any atom is 0.0490 e. The molecule has 13 heavy (non-hydrogen) atoms. The molecular formula is C12H24O. The van der Waals surface area contributed by atoms with Crippen molar-refractivity contribution in [2.45, 2.75) is 46.5 Å². The van der Waals surface area contributed by atoms with Crippen LogP contribution in [0, 0.1) is 17.3 Å². The fraction of sp³-hybridized carbons (Fsp3) is 1.00. The van der Waals surface area contributed by atoms with Crippen molar-refractivity contribution in [3.05, 3.63) is 0 Å². The minimum absolute atomic E-state index is 0.512. The molecule has 0 amide bonds. The van der Waals surface area contributed by atoms with Gasteiger partial charge in [-0.15, -0.1) is 0 Å². The van der Waals surface area contributed by atoms with Gasteiger partial charge in [-0.05, 0) is 42.9 Å². The van der Waals surface area contributed by atoms with Crippen LogP contribution in [0.15, 0.2) is 0 Å². The molecule has 0 aromatic heterocycles. The van der Waals surface area contributed by atoms with E-state index in [1.54, 1.807) is 0 Å². The minimum Gasteiger partial charge on any atom is -0.384 e. The molecule has 0 aromatic carbocycles. The highest BCUT2D eigenvalue weighted by atomic mass is 16.5. The quantitative estimate of drug-likeness (QED) is 0.638. The summed E-state index contributed by atoms with van der Waals surface area (Å²) in [7, 11) is 1.82. The van der Waals surface area contributed by atoms with Gasteiger partial charge in [-0.25, -0.2) is 0 Å². The predicted molar refractivity (Wildman–Crippen MR) is 56.8 cm³/mol. The first-order valence-corrected chi connectivity index (χ1v) is 5.53. The van der Waals surface area contributed by atoms with Crippen LogP contribution in [0.25, 0.3) is 0 Å². The Bertz CT molecular complexity index is 138. The normalized spacial score (nSPS) is 30.5. The highest BCUT2D eigenvalue weighted by Crippen LogP contribution is 2.39. The van der Waals surface area contributed by atoms with Gasteiger partial charge in [0.05, 0.1) is 0 Å². The maximum absolute atomic E-state index is 5.20. The van der Waals surface area contributed by atoms with E-state index in [9.17, 15) is 0 Å². The molecular weight excluding hydrogens is 160 g/mol. The fourth-order valence-electron chi connectivity index (χ4n) is 2.43. The van der Waals surface area contributed by atoms with Gasteiger partial charge < -0.3 is 4.74 Å². The van der Waals surface area contributed by atoms with E-state index in [-0.39, 0.29) is 0 Å². The molecule has 1 heteroatoms. The molecule has 1 saturated carbocycles. The van der Waals surface area contributed by atoms with Crippen molar-refractivity contribution in [3.8, 4) is 0 Å². The Morgan fingerprint density at radius 3 is 2.00 bits per heavy atom. The molecule has 0 heterocycles. The summed E-state index contributed by atoms with van der Waals surface area (Å²) in [6.45, 7) is 8.08. The van der Waals surface area contributed by atoms with E-state index in [2.05, 4.69) is 20.8 Å². The van der Waals surface area contributed by atoms with Crippen molar-refractivity contribution in [3.63, 3.8) is 0 Å². The molecule has 1 rings (SSSR count). The van der Waals surface area contributed by atoms with Gasteiger partial charge >= 0.3 is 0 Å². The molecule has 78 valence electrons. The van der Waals surface area contributed by atoms with E-state index in [0.29, 0.717) is 5.41 Å². The molecule has 0 bridgehead atoms. The molecule has 1 aliphatic rings. The molecule has 0 aliphatic heterocycles. The van der Waals surface area contributed by atoms with E-state index < -0.39 is 0 Å². The second-order valence-electron chi connectivity index (χ2n) is 5.54. The van der Waals surface area contributed by atoms with Crippen molar-refractivity contribution < 1.29 is 4.74 Å². The fourth-order valence-corrected chi connectivity index (χ4v) is 2.43. The molecule has 0 unspecified atom stereocenters. The first kappa shape index (κ1) is 11.0. The number of rotatable bonds is 2. The lowest BCUT2D eigenvalue weighted by atomic mass is 9.70. The molecule has 0 atom stereocenters. The topological polar surface area (TPSA) is 9.23 Å². The van der Waals surface area contributed by atoms with Gasteiger partial charge in [0.1, 0.15) is 0 Å². The van der Waals surface area contributed by atoms with Crippen LogP contribution in [0.5, 0.6) is 0 Å². The molecule has 1 aliphatic carbocycles. The van der Waals surface area contributed by atoms with Crippen molar-refractivity contribution in [2.24, 2.45) is 17.3 Å². The van der Waals surface area contributed by atoms with Gasteiger partial charge in [0.2, 0.25) is 0 Å². The van der Waals surface area contributed by atoms with Crippen molar-refractivity contribution in [2.75, 3.05) is 13.7 Å². The van der Waals surface area contributed by atoms with Gasteiger partial charge in [0.15, 0.2) is 0 Å². The average molecular weight is 184 g/mol. The minimum atomic E-state index is 0.512. The van der Waals surface area contributed by atoms with Crippen LogP contribution in [-0.2, 0) is 4.74 Å². The van der Waals surface area contributed by atoms with Crippen molar-refractivity contribution in [1.29, 1.82) is 0 Å². The van der Waals surface area contributed by atoms with Crippen LogP contribution in [0.2, 0.25) is 0 Å². The average Bonchev–Trinajstić information content (AvgIpc) is 2.04. The van der Waals surface area contributed by atoms with Crippen LogP contribution in [0.3, 0.4) is 0 Å². The van der Waals surface area contributed by atoms with Crippen LogP contribution in [0.1, 0.15) is 46.5 Å². The lowest BCUT2D eigenvalue weighted by Gasteiger charge is -2.36. The first-order chi connectivity index (χ1) is 6.04. The van der Waals surface area contributed by atoms with Crippen LogP contribution >= 0.6 is 0 Å². The monoisotopic (exact) mass is 184 g/mol. The summed E-state index contributed by atoms with van der Waals surface area (Å²) in [5.41, 5.74) is 0.512. The summed E-state index contributed by atoms with van der Waals surface area (Å²) in [6, 6.07) is 0.